The fourth-order valence-corrected chi connectivity index (χ4v) is 14.0. The average Bonchev–Trinajstić information content (AvgIpc) is 3.97. The van der Waals surface area contributed by atoms with E-state index in [9.17, 15) is 0 Å². The van der Waals surface area contributed by atoms with Crippen molar-refractivity contribution in [2.24, 2.45) is 0 Å². The van der Waals surface area contributed by atoms with Crippen LogP contribution in [0, 0.1) is 0 Å². The highest BCUT2D eigenvalue weighted by Gasteiger charge is 2.46. The van der Waals surface area contributed by atoms with E-state index in [0.717, 1.165) is 42.2 Å². The first-order valence-electron chi connectivity index (χ1n) is 24.3. The second kappa shape index (κ2) is 14.6. The Kier molecular flexibility index (Phi) is 8.24. The van der Waals surface area contributed by atoms with Gasteiger partial charge < -0.3 is 14.2 Å². The van der Waals surface area contributed by atoms with E-state index >= 15 is 0 Å². The number of hydrogen-bond donors (Lipinski definition) is 0. The molecule has 0 radical (unpaired) electrons. The van der Waals surface area contributed by atoms with Crippen molar-refractivity contribution < 1.29 is 4.42 Å². The Morgan fingerprint density at radius 3 is 1.61 bits per heavy atom. The van der Waals surface area contributed by atoms with Crippen molar-refractivity contribution in [3.05, 3.63) is 198 Å². The van der Waals surface area contributed by atoms with Gasteiger partial charge in [0.2, 0.25) is 0 Å². The van der Waals surface area contributed by atoms with E-state index in [0.29, 0.717) is 0 Å². The molecule has 318 valence electrons. The largest absolute Gasteiger partial charge is 0.456 e. The maximum atomic E-state index is 6.81. The SMILES string of the molecule is c1ccc(-c2c(N3c4cccc5c4B(c4ccc6oc7ccccc7c6c43)c3ccc4sc6ccccc6c4c3N5c3ccc4c(c3-c3ccccc3)CCCC4)ccc3c2CCCC3)cc1. The van der Waals surface area contributed by atoms with Crippen LogP contribution in [0.5, 0.6) is 0 Å². The van der Waals surface area contributed by atoms with Gasteiger partial charge in [0.05, 0.1) is 28.1 Å². The molecule has 0 saturated heterocycles. The summed E-state index contributed by atoms with van der Waals surface area (Å²) in [5, 5.41) is 4.98. The van der Waals surface area contributed by atoms with E-state index in [1.165, 1.54) is 146 Å². The first-order valence-corrected chi connectivity index (χ1v) is 25.1. The second-order valence-corrected chi connectivity index (χ2v) is 20.2. The number of hydrogen-bond acceptors (Lipinski definition) is 4. The summed E-state index contributed by atoms with van der Waals surface area (Å²) in [5.74, 6) is 0. The zero-order valence-corrected chi connectivity index (χ0v) is 38.0. The molecule has 0 atom stereocenters. The summed E-state index contributed by atoms with van der Waals surface area (Å²) >= 11 is 1.91. The number of rotatable bonds is 4. The van der Waals surface area contributed by atoms with Crippen LogP contribution in [0.25, 0.3) is 64.4 Å². The Morgan fingerprint density at radius 1 is 0.403 bits per heavy atom. The smallest absolute Gasteiger partial charge is 0.252 e. The van der Waals surface area contributed by atoms with Gasteiger partial charge in [0.25, 0.3) is 6.71 Å². The van der Waals surface area contributed by atoms with Gasteiger partial charge in [-0.05, 0) is 150 Å². The number of aryl methyl sites for hydroxylation is 2. The van der Waals surface area contributed by atoms with Crippen LogP contribution in [0.1, 0.15) is 47.9 Å². The Labute approximate surface area is 394 Å². The van der Waals surface area contributed by atoms with Crippen molar-refractivity contribution in [2.75, 3.05) is 9.80 Å². The monoisotopic (exact) mass is 876 g/mol. The third kappa shape index (κ3) is 5.41. The minimum absolute atomic E-state index is 0.0413. The predicted molar refractivity (Wildman–Crippen MR) is 285 cm³/mol. The Hall–Kier alpha value is -7.34. The molecular formula is C62H45BN2OS. The topological polar surface area (TPSA) is 19.6 Å². The lowest BCUT2D eigenvalue weighted by Crippen LogP contribution is -2.61. The van der Waals surface area contributed by atoms with Crippen molar-refractivity contribution >= 4 is 111 Å². The lowest BCUT2D eigenvalue weighted by atomic mass is 9.33. The number of anilines is 6. The number of thiophene rings is 1. The molecule has 0 N–H and O–H groups in total. The standard InChI is InChI=1S/C62H45BN2OS/c1-3-18-40(19-4-1)56-42-22-9-7-16-38(42)30-34-48(56)64-50-26-15-27-51-60(50)63(46-32-36-53-58(61(46)64)44-24-11-13-28-52(44)66-53)47-33-37-55-59(45-25-12-14-29-54(45)67-55)62(47)65(51)49-35-31-39-17-8-10-23-43(39)57(49)41-20-5-2-6-21-41/h1-6,11-15,18-21,24-37H,7-10,16-17,22-23H2. The van der Waals surface area contributed by atoms with Gasteiger partial charge in [0.1, 0.15) is 11.2 Å². The Balaban J connectivity index is 1.11. The quantitative estimate of drug-likeness (QED) is 0.164. The van der Waals surface area contributed by atoms with Gasteiger partial charge in [0, 0.05) is 48.1 Å². The summed E-state index contributed by atoms with van der Waals surface area (Å²) in [6.07, 6.45) is 9.30. The molecule has 0 unspecified atom stereocenters. The minimum Gasteiger partial charge on any atom is -0.456 e. The Bertz CT molecular complexity index is 3600. The van der Waals surface area contributed by atoms with Gasteiger partial charge in [-0.1, -0.05) is 127 Å². The van der Waals surface area contributed by atoms with E-state index in [4.69, 9.17) is 4.42 Å². The molecule has 0 amide bonds. The van der Waals surface area contributed by atoms with Gasteiger partial charge >= 0.3 is 0 Å². The predicted octanol–water partition coefficient (Wildman–Crippen LogP) is 15.1. The summed E-state index contributed by atoms with van der Waals surface area (Å²) in [6, 6.07) is 66.8. The molecular weight excluding hydrogens is 832 g/mol. The first kappa shape index (κ1) is 37.8. The number of fused-ring (bicyclic) bond motifs is 14. The zero-order valence-electron chi connectivity index (χ0n) is 37.2. The van der Waals surface area contributed by atoms with Gasteiger partial charge in [-0.2, -0.15) is 0 Å². The van der Waals surface area contributed by atoms with E-state index < -0.39 is 0 Å². The first-order chi connectivity index (χ1) is 33.3. The van der Waals surface area contributed by atoms with Crippen LogP contribution >= 0.6 is 11.3 Å². The molecule has 0 fully saturated rings. The summed E-state index contributed by atoms with van der Waals surface area (Å²) < 4.78 is 9.45. The molecule has 15 rings (SSSR count). The van der Waals surface area contributed by atoms with Crippen LogP contribution in [0.3, 0.4) is 0 Å². The average molecular weight is 877 g/mol. The van der Waals surface area contributed by atoms with Crippen molar-refractivity contribution in [1.29, 1.82) is 0 Å². The normalized spacial score (nSPS) is 14.9. The highest BCUT2D eigenvalue weighted by atomic mass is 32.1. The van der Waals surface area contributed by atoms with Gasteiger partial charge in [-0.15, -0.1) is 11.3 Å². The Morgan fingerprint density at radius 2 is 0.955 bits per heavy atom. The molecule has 0 bridgehead atoms. The maximum Gasteiger partial charge on any atom is 0.252 e. The van der Waals surface area contributed by atoms with Crippen LogP contribution < -0.4 is 26.2 Å². The molecule has 2 aliphatic heterocycles. The van der Waals surface area contributed by atoms with Gasteiger partial charge in [-0.25, -0.2) is 0 Å². The van der Waals surface area contributed by atoms with Crippen molar-refractivity contribution in [3.8, 4) is 22.3 Å². The highest BCUT2D eigenvalue weighted by Crippen LogP contribution is 2.54. The number of nitrogens with zero attached hydrogens (tertiary/aromatic N) is 2. The highest BCUT2D eigenvalue weighted by molar-refractivity contribution is 7.26. The molecule has 2 aliphatic carbocycles. The molecule has 11 aromatic rings. The summed E-state index contributed by atoms with van der Waals surface area (Å²) in [7, 11) is 0. The zero-order chi connectivity index (χ0) is 43.7. The third-order valence-electron chi connectivity index (χ3n) is 15.6. The molecule has 0 spiro atoms. The third-order valence-corrected chi connectivity index (χ3v) is 16.8. The van der Waals surface area contributed by atoms with Crippen molar-refractivity contribution in [2.45, 2.75) is 51.4 Å². The summed E-state index contributed by atoms with van der Waals surface area (Å²) in [5.41, 5.74) is 24.6. The molecule has 5 heteroatoms. The molecule has 4 aliphatic rings. The lowest BCUT2D eigenvalue weighted by molar-refractivity contribution is 0.669. The van der Waals surface area contributed by atoms with Crippen LogP contribution in [-0.4, -0.2) is 6.71 Å². The van der Waals surface area contributed by atoms with Crippen molar-refractivity contribution in [1.82, 2.24) is 0 Å². The van der Waals surface area contributed by atoms with Crippen molar-refractivity contribution in [3.63, 3.8) is 0 Å². The number of furan rings is 1. The molecule has 67 heavy (non-hydrogen) atoms. The van der Waals surface area contributed by atoms with E-state index in [1.807, 2.05) is 11.3 Å². The fourth-order valence-electron chi connectivity index (χ4n) is 12.9. The molecule has 0 saturated carbocycles. The molecule has 9 aromatic carbocycles. The van der Waals surface area contributed by atoms with Gasteiger partial charge in [0.15, 0.2) is 0 Å². The van der Waals surface area contributed by atoms with Crippen LogP contribution in [0.2, 0.25) is 0 Å². The summed E-state index contributed by atoms with van der Waals surface area (Å²) in [6.45, 7) is -0.0413. The van der Waals surface area contributed by atoms with Crippen LogP contribution in [0.4, 0.5) is 34.1 Å². The second-order valence-electron chi connectivity index (χ2n) is 19.1. The summed E-state index contributed by atoms with van der Waals surface area (Å²) in [4.78, 5) is 5.38. The van der Waals surface area contributed by atoms with E-state index in [-0.39, 0.29) is 6.71 Å². The maximum absolute atomic E-state index is 6.81. The lowest BCUT2D eigenvalue weighted by Gasteiger charge is -2.45. The fraction of sp³-hybridized carbons (Fsp3) is 0.129. The molecule has 4 heterocycles. The van der Waals surface area contributed by atoms with Crippen LogP contribution in [0.15, 0.2) is 180 Å². The molecule has 2 aromatic heterocycles. The number of para-hydroxylation sites is 1. The molecule has 3 nitrogen and oxygen atoms in total. The van der Waals surface area contributed by atoms with Crippen LogP contribution in [-0.2, 0) is 25.7 Å². The van der Waals surface area contributed by atoms with E-state index in [1.54, 1.807) is 0 Å². The van der Waals surface area contributed by atoms with E-state index in [2.05, 4.69) is 186 Å². The van der Waals surface area contributed by atoms with Gasteiger partial charge in [-0.3, -0.25) is 0 Å². The number of benzene rings is 9. The minimum atomic E-state index is -0.0413.